The zero-order chi connectivity index (χ0) is 24.9. The maximum absolute atomic E-state index is 13.8. The first-order chi connectivity index (χ1) is 16.9. The maximum atomic E-state index is 13.8. The van der Waals surface area contributed by atoms with E-state index in [1.54, 1.807) is 41.5 Å². The molecule has 2 aromatic heterocycles. The molecule has 8 nitrogen and oxygen atoms in total. The molecular weight excluding hydrogens is 450 g/mol. The van der Waals surface area contributed by atoms with Crippen LogP contribution in [0.2, 0.25) is 0 Å². The summed E-state index contributed by atoms with van der Waals surface area (Å²) < 4.78 is 28.1. The highest BCUT2D eigenvalue weighted by Gasteiger charge is 2.43. The summed E-state index contributed by atoms with van der Waals surface area (Å²) in [5, 5.41) is 0.428. The average molecular weight is 475 g/mol. The van der Waals surface area contributed by atoms with E-state index in [9.17, 15) is 9.59 Å². The van der Waals surface area contributed by atoms with Crippen molar-refractivity contribution in [2.24, 2.45) is 0 Å². The predicted molar refractivity (Wildman–Crippen MR) is 128 cm³/mol. The normalized spacial score (nSPS) is 14.9. The maximum Gasteiger partial charge on any atom is 0.291 e. The van der Waals surface area contributed by atoms with Crippen molar-refractivity contribution in [2.75, 3.05) is 21.3 Å². The summed E-state index contributed by atoms with van der Waals surface area (Å²) in [5.74, 6) is 1.45. The summed E-state index contributed by atoms with van der Waals surface area (Å²) >= 11 is 0. The monoisotopic (exact) mass is 475 g/mol. The van der Waals surface area contributed by atoms with E-state index < -0.39 is 11.9 Å². The minimum absolute atomic E-state index is 0.0241. The van der Waals surface area contributed by atoms with Crippen LogP contribution in [0.15, 0.2) is 56.3 Å². The second-order valence-corrected chi connectivity index (χ2v) is 8.48. The third kappa shape index (κ3) is 3.53. The molecule has 0 radical (unpaired) electrons. The summed E-state index contributed by atoms with van der Waals surface area (Å²) in [5.41, 5.74) is 2.96. The lowest BCUT2D eigenvalue weighted by Crippen LogP contribution is -2.29. The number of amides is 1. The number of furan rings is 1. The highest BCUT2D eigenvalue weighted by atomic mass is 16.5. The SMILES string of the molecule is COc1cc([C@@H]2c3c(oc4cc(C)c(C)cc4c3=O)C(=O)N2Cc2ccco2)cc(OC)c1OC. The van der Waals surface area contributed by atoms with Crippen LogP contribution in [-0.4, -0.2) is 32.1 Å². The van der Waals surface area contributed by atoms with Crippen LogP contribution in [0.1, 0.15) is 44.6 Å². The summed E-state index contributed by atoms with van der Waals surface area (Å²) in [6, 6.07) is 9.87. The fourth-order valence-corrected chi connectivity index (χ4v) is 4.61. The number of hydrogen-bond acceptors (Lipinski definition) is 7. The smallest absolute Gasteiger partial charge is 0.291 e. The number of aryl methyl sites for hydroxylation is 2. The van der Waals surface area contributed by atoms with Crippen LogP contribution >= 0.6 is 0 Å². The highest BCUT2D eigenvalue weighted by molar-refractivity contribution is 5.99. The molecule has 1 amide bonds. The van der Waals surface area contributed by atoms with Gasteiger partial charge in [-0.25, -0.2) is 0 Å². The van der Waals surface area contributed by atoms with E-state index in [4.69, 9.17) is 23.0 Å². The minimum Gasteiger partial charge on any atom is -0.493 e. The number of ether oxygens (including phenoxy) is 3. The quantitative estimate of drug-likeness (QED) is 0.397. The molecule has 0 saturated heterocycles. The number of nitrogens with zero attached hydrogens (tertiary/aromatic N) is 1. The van der Waals surface area contributed by atoms with E-state index in [-0.39, 0.29) is 23.3 Å². The zero-order valence-electron chi connectivity index (χ0n) is 20.1. The molecule has 0 unspecified atom stereocenters. The van der Waals surface area contributed by atoms with Gasteiger partial charge in [0.05, 0.1) is 51.1 Å². The van der Waals surface area contributed by atoms with Crippen molar-refractivity contribution in [3.8, 4) is 17.2 Å². The Morgan fingerprint density at radius 1 is 0.943 bits per heavy atom. The van der Waals surface area contributed by atoms with Gasteiger partial charge in [-0.2, -0.15) is 0 Å². The zero-order valence-corrected chi connectivity index (χ0v) is 20.1. The molecule has 3 heterocycles. The van der Waals surface area contributed by atoms with Crippen LogP contribution in [0.4, 0.5) is 0 Å². The standard InChI is InChI=1S/C27H25NO7/c1-14-9-18-19(10-15(14)2)35-26-22(24(18)29)23(28(27(26)30)13-17-7-6-8-34-17)16-11-20(31-3)25(33-5)21(12-16)32-4/h6-12,23H,13H2,1-5H3/t23-/m1/s1. The lowest BCUT2D eigenvalue weighted by Gasteiger charge is -2.25. The van der Waals surface area contributed by atoms with Crippen LogP contribution in [0.5, 0.6) is 17.2 Å². The van der Waals surface area contributed by atoms with Crippen molar-refractivity contribution in [3.63, 3.8) is 0 Å². The number of rotatable bonds is 6. The molecule has 1 atom stereocenters. The van der Waals surface area contributed by atoms with Crippen molar-refractivity contribution in [1.29, 1.82) is 0 Å². The van der Waals surface area contributed by atoms with Crippen molar-refractivity contribution >= 4 is 16.9 Å². The van der Waals surface area contributed by atoms with Crippen LogP contribution in [0, 0.1) is 13.8 Å². The van der Waals surface area contributed by atoms with Gasteiger partial charge in [0.2, 0.25) is 11.5 Å². The first-order valence-electron chi connectivity index (χ1n) is 11.1. The Morgan fingerprint density at radius 2 is 1.63 bits per heavy atom. The molecule has 8 heteroatoms. The van der Waals surface area contributed by atoms with Gasteiger partial charge >= 0.3 is 0 Å². The van der Waals surface area contributed by atoms with E-state index in [2.05, 4.69) is 0 Å². The van der Waals surface area contributed by atoms with Crippen LogP contribution in [-0.2, 0) is 6.54 Å². The molecule has 0 spiro atoms. The number of carbonyl (C=O) groups is 1. The second kappa shape index (κ2) is 8.54. The van der Waals surface area contributed by atoms with Gasteiger partial charge in [-0.15, -0.1) is 0 Å². The molecule has 0 bridgehead atoms. The third-order valence-corrected chi connectivity index (χ3v) is 6.49. The molecule has 0 N–H and O–H groups in total. The van der Waals surface area contributed by atoms with Gasteiger partial charge in [-0.05, 0) is 66.9 Å². The molecule has 2 aromatic carbocycles. The summed E-state index contributed by atoms with van der Waals surface area (Å²) in [7, 11) is 4.55. The Hall–Kier alpha value is -4.20. The van der Waals surface area contributed by atoms with Crippen LogP contribution < -0.4 is 19.6 Å². The van der Waals surface area contributed by atoms with Gasteiger partial charge in [-0.1, -0.05) is 0 Å². The number of hydrogen-bond donors (Lipinski definition) is 0. The number of benzene rings is 2. The highest BCUT2D eigenvalue weighted by Crippen LogP contribution is 2.45. The molecule has 1 aliphatic heterocycles. The third-order valence-electron chi connectivity index (χ3n) is 6.49. The van der Waals surface area contributed by atoms with E-state index in [0.29, 0.717) is 39.5 Å². The predicted octanol–water partition coefficient (Wildman–Crippen LogP) is 4.77. The van der Waals surface area contributed by atoms with Gasteiger partial charge in [0, 0.05) is 0 Å². The lowest BCUT2D eigenvalue weighted by atomic mass is 9.96. The number of carbonyl (C=O) groups excluding carboxylic acids is 1. The second-order valence-electron chi connectivity index (χ2n) is 8.48. The Morgan fingerprint density at radius 3 is 2.23 bits per heavy atom. The Kier molecular flexibility index (Phi) is 5.51. The van der Waals surface area contributed by atoms with Crippen molar-refractivity contribution in [3.05, 3.63) is 86.7 Å². The van der Waals surface area contributed by atoms with E-state index in [1.807, 2.05) is 19.9 Å². The van der Waals surface area contributed by atoms with Crippen molar-refractivity contribution < 1.29 is 27.8 Å². The largest absolute Gasteiger partial charge is 0.493 e. The van der Waals surface area contributed by atoms with Crippen molar-refractivity contribution in [2.45, 2.75) is 26.4 Å². The van der Waals surface area contributed by atoms with E-state index in [0.717, 1.165) is 11.1 Å². The van der Waals surface area contributed by atoms with E-state index >= 15 is 0 Å². The fraction of sp³-hybridized carbons (Fsp3) is 0.259. The molecule has 0 saturated carbocycles. The molecule has 1 aliphatic rings. The summed E-state index contributed by atoms with van der Waals surface area (Å²) in [4.78, 5) is 29.1. The first kappa shape index (κ1) is 22.6. The molecule has 5 rings (SSSR count). The number of methoxy groups -OCH3 is 3. The fourth-order valence-electron chi connectivity index (χ4n) is 4.61. The van der Waals surface area contributed by atoms with Gasteiger partial charge in [0.25, 0.3) is 5.91 Å². The van der Waals surface area contributed by atoms with E-state index in [1.165, 1.54) is 21.3 Å². The topological polar surface area (TPSA) is 91.4 Å². The van der Waals surface area contributed by atoms with Crippen molar-refractivity contribution in [1.82, 2.24) is 4.90 Å². The molecule has 4 aromatic rings. The molecule has 35 heavy (non-hydrogen) atoms. The van der Waals surface area contributed by atoms with Gasteiger partial charge in [-0.3, -0.25) is 9.59 Å². The first-order valence-corrected chi connectivity index (χ1v) is 11.1. The van der Waals surface area contributed by atoms with Crippen LogP contribution in [0.3, 0.4) is 0 Å². The Labute approximate surface area is 201 Å². The molecule has 180 valence electrons. The minimum atomic E-state index is -0.751. The summed E-state index contributed by atoms with van der Waals surface area (Å²) in [6.07, 6.45) is 1.54. The van der Waals surface area contributed by atoms with Crippen LogP contribution in [0.25, 0.3) is 11.0 Å². The lowest BCUT2D eigenvalue weighted by molar-refractivity contribution is 0.0701. The summed E-state index contributed by atoms with van der Waals surface area (Å²) in [6.45, 7) is 4.02. The van der Waals surface area contributed by atoms with Gasteiger partial charge in [0.1, 0.15) is 11.3 Å². The Bertz CT molecular complexity index is 1480. The average Bonchev–Trinajstić information content (AvgIpc) is 3.47. The van der Waals surface area contributed by atoms with Gasteiger partial charge in [0.15, 0.2) is 16.9 Å². The molecule has 0 fully saturated rings. The molecular formula is C27H25NO7. The molecule has 0 aliphatic carbocycles. The van der Waals surface area contributed by atoms with Gasteiger partial charge < -0.3 is 27.9 Å². The Balaban J connectivity index is 1.79. The number of fused-ring (bicyclic) bond motifs is 2.